The van der Waals surface area contributed by atoms with Crippen molar-refractivity contribution in [2.24, 2.45) is 5.41 Å². The molecule has 0 unspecified atom stereocenters. The van der Waals surface area contributed by atoms with E-state index in [9.17, 15) is 9.90 Å². The highest BCUT2D eigenvalue weighted by atomic mass is 79.9. The Morgan fingerprint density at radius 2 is 2.05 bits per heavy atom. The summed E-state index contributed by atoms with van der Waals surface area (Å²) in [5.74, 6) is 0.268. The number of hydrogen-bond acceptors (Lipinski definition) is 3. The fourth-order valence-electron chi connectivity index (χ4n) is 2.00. The summed E-state index contributed by atoms with van der Waals surface area (Å²) in [5, 5.41) is 10.1. The molecule has 0 aliphatic carbocycles. The Kier molecular flexibility index (Phi) is 3.99. The molecule has 2 aromatic rings. The smallest absolute Gasteiger partial charge is 0.262 e. The molecule has 2 N–H and O–H groups in total. The molecular formula is C15H17BrN2O2. The number of benzene rings is 1. The number of hydrogen-bond donors (Lipinski definition) is 2. The molecule has 0 fully saturated rings. The zero-order valence-electron chi connectivity index (χ0n) is 11.7. The average Bonchev–Trinajstić information content (AvgIpc) is 2.25. The molecule has 0 saturated carbocycles. The maximum absolute atomic E-state index is 12.2. The van der Waals surface area contributed by atoms with E-state index in [1.54, 1.807) is 18.2 Å². The lowest BCUT2D eigenvalue weighted by Crippen LogP contribution is -2.18. The summed E-state index contributed by atoms with van der Waals surface area (Å²) >= 11 is 3.35. The largest absolute Gasteiger partial charge is 0.493 e. The maximum atomic E-state index is 12.2. The Morgan fingerprint density at radius 1 is 1.35 bits per heavy atom. The van der Waals surface area contributed by atoms with Crippen molar-refractivity contribution in [3.63, 3.8) is 0 Å². The lowest BCUT2D eigenvalue weighted by Gasteiger charge is -2.17. The lowest BCUT2D eigenvalue weighted by molar-refractivity contribution is 0.392. The second kappa shape index (κ2) is 5.40. The third kappa shape index (κ3) is 3.48. The zero-order valence-corrected chi connectivity index (χ0v) is 13.3. The van der Waals surface area contributed by atoms with Gasteiger partial charge in [-0.1, -0.05) is 48.8 Å². The molecular weight excluding hydrogens is 320 g/mol. The van der Waals surface area contributed by atoms with E-state index in [1.165, 1.54) is 0 Å². The first-order valence-corrected chi connectivity index (χ1v) is 7.14. The first kappa shape index (κ1) is 14.8. The van der Waals surface area contributed by atoms with Gasteiger partial charge in [0.2, 0.25) is 5.88 Å². The summed E-state index contributed by atoms with van der Waals surface area (Å²) in [6, 6.07) is 7.20. The maximum Gasteiger partial charge on any atom is 0.262 e. The molecule has 1 aromatic carbocycles. The van der Waals surface area contributed by atoms with E-state index in [2.05, 4.69) is 25.9 Å². The van der Waals surface area contributed by atoms with Crippen LogP contribution in [0.3, 0.4) is 0 Å². The Balaban J connectivity index is 2.50. The van der Waals surface area contributed by atoms with Crippen LogP contribution in [0.1, 0.15) is 26.6 Å². The van der Waals surface area contributed by atoms with Gasteiger partial charge in [0.1, 0.15) is 11.4 Å². The molecule has 5 heteroatoms. The summed E-state index contributed by atoms with van der Waals surface area (Å²) in [7, 11) is 0. The highest BCUT2D eigenvalue weighted by Gasteiger charge is 2.17. The molecule has 0 atom stereocenters. The Morgan fingerprint density at radius 3 is 2.60 bits per heavy atom. The van der Waals surface area contributed by atoms with Crippen molar-refractivity contribution >= 4 is 15.9 Å². The Hall–Kier alpha value is -1.62. The molecule has 0 aliphatic rings. The summed E-state index contributed by atoms with van der Waals surface area (Å²) in [6.45, 7) is 6.14. The fourth-order valence-corrected chi connectivity index (χ4v) is 2.40. The molecule has 0 amide bonds. The molecule has 0 spiro atoms. The van der Waals surface area contributed by atoms with Crippen LogP contribution in [-0.2, 0) is 6.42 Å². The molecule has 1 heterocycles. The monoisotopic (exact) mass is 336 g/mol. The molecule has 0 bridgehead atoms. The van der Waals surface area contributed by atoms with Gasteiger partial charge in [0.15, 0.2) is 0 Å². The number of halogens is 1. The van der Waals surface area contributed by atoms with Crippen LogP contribution in [0.15, 0.2) is 33.5 Å². The quantitative estimate of drug-likeness (QED) is 0.882. The van der Waals surface area contributed by atoms with Gasteiger partial charge in [-0.15, -0.1) is 0 Å². The SMILES string of the molecule is CC(C)(C)Cc1nc(O)c(-c2cccc(Br)c2)c(=O)[nH]1. The van der Waals surface area contributed by atoms with Crippen LogP contribution >= 0.6 is 15.9 Å². The molecule has 0 radical (unpaired) electrons. The van der Waals surface area contributed by atoms with E-state index < -0.39 is 0 Å². The van der Waals surface area contributed by atoms with Crippen molar-refractivity contribution in [2.45, 2.75) is 27.2 Å². The highest BCUT2D eigenvalue weighted by Crippen LogP contribution is 2.27. The molecule has 106 valence electrons. The van der Waals surface area contributed by atoms with E-state index in [0.29, 0.717) is 17.8 Å². The third-order valence-corrected chi connectivity index (χ3v) is 3.25. The number of nitrogens with one attached hydrogen (secondary N) is 1. The zero-order chi connectivity index (χ0) is 14.9. The number of aromatic nitrogens is 2. The van der Waals surface area contributed by atoms with Gasteiger partial charge in [0, 0.05) is 10.9 Å². The van der Waals surface area contributed by atoms with Crippen molar-refractivity contribution in [2.75, 3.05) is 0 Å². The molecule has 20 heavy (non-hydrogen) atoms. The van der Waals surface area contributed by atoms with Crippen LogP contribution in [-0.4, -0.2) is 15.1 Å². The second-order valence-electron chi connectivity index (χ2n) is 5.96. The standard InChI is InChI=1S/C15H17BrN2O2/c1-15(2,3)8-11-17-13(19)12(14(20)18-11)9-5-4-6-10(16)7-9/h4-7H,8H2,1-3H3,(H2,17,18,19,20). The summed E-state index contributed by atoms with van der Waals surface area (Å²) in [5.41, 5.74) is 0.492. The van der Waals surface area contributed by atoms with E-state index >= 15 is 0 Å². The minimum Gasteiger partial charge on any atom is -0.493 e. The van der Waals surface area contributed by atoms with E-state index in [4.69, 9.17) is 0 Å². The third-order valence-electron chi connectivity index (χ3n) is 2.76. The van der Waals surface area contributed by atoms with Gasteiger partial charge >= 0.3 is 0 Å². The van der Waals surface area contributed by atoms with Crippen molar-refractivity contribution in [1.29, 1.82) is 0 Å². The van der Waals surface area contributed by atoms with Gasteiger partial charge in [-0.3, -0.25) is 4.79 Å². The summed E-state index contributed by atoms with van der Waals surface area (Å²) in [4.78, 5) is 19.0. The minimum absolute atomic E-state index is 0.0142. The molecule has 4 nitrogen and oxygen atoms in total. The van der Waals surface area contributed by atoms with Crippen LogP contribution in [0, 0.1) is 5.41 Å². The number of aromatic hydroxyl groups is 1. The van der Waals surface area contributed by atoms with Gasteiger partial charge in [-0.2, -0.15) is 4.98 Å². The van der Waals surface area contributed by atoms with Crippen LogP contribution in [0.25, 0.3) is 11.1 Å². The predicted molar refractivity (Wildman–Crippen MR) is 82.8 cm³/mol. The second-order valence-corrected chi connectivity index (χ2v) is 6.87. The number of rotatable bonds is 2. The van der Waals surface area contributed by atoms with Crippen molar-refractivity contribution in [1.82, 2.24) is 9.97 Å². The lowest BCUT2D eigenvalue weighted by atomic mass is 9.92. The Labute approximate surface area is 126 Å². The molecule has 0 aliphatic heterocycles. The van der Waals surface area contributed by atoms with Crippen LogP contribution in [0.5, 0.6) is 5.88 Å². The first-order chi connectivity index (χ1) is 9.26. The van der Waals surface area contributed by atoms with Crippen molar-refractivity contribution in [3.05, 3.63) is 44.9 Å². The predicted octanol–water partition coefficient (Wildman–Crippen LogP) is 3.49. The summed E-state index contributed by atoms with van der Waals surface area (Å²) < 4.78 is 0.840. The Bertz CT molecular complexity index is 687. The molecule has 2 rings (SSSR count). The summed E-state index contributed by atoms with van der Waals surface area (Å²) in [6.07, 6.45) is 0.592. The topological polar surface area (TPSA) is 66.0 Å². The van der Waals surface area contributed by atoms with E-state index in [1.807, 2.05) is 26.8 Å². The average molecular weight is 337 g/mol. The van der Waals surface area contributed by atoms with Crippen LogP contribution in [0.2, 0.25) is 0 Å². The first-order valence-electron chi connectivity index (χ1n) is 6.34. The van der Waals surface area contributed by atoms with Gasteiger partial charge < -0.3 is 10.1 Å². The molecule has 0 saturated heterocycles. The van der Waals surface area contributed by atoms with Gasteiger partial charge in [0.05, 0.1) is 0 Å². The van der Waals surface area contributed by atoms with E-state index in [-0.39, 0.29) is 22.4 Å². The minimum atomic E-state index is -0.324. The number of H-pyrrole nitrogens is 1. The van der Waals surface area contributed by atoms with Gasteiger partial charge in [-0.05, 0) is 23.1 Å². The van der Waals surface area contributed by atoms with Crippen molar-refractivity contribution < 1.29 is 5.11 Å². The fraction of sp³-hybridized carbons (Fsp3) is 0.333. The normalized spacial score (nSPS) is 11.6. The number of aromatic amines is 1. The van der Waals surface area contributed by atoms with Crippen LogP contribution < -0.4 is 5.56 Å². The van der Waals surface area contributed by atoms with E-state index in [0.717, 1.165) is 4.47 Å². The number of nitrogens with zero attached hydrogens (tertiary/aromatic N) is 1. The molecule has 1 aromatic heterocycles. The van der Waals surface area contributed by atoms with Gasteiger partial charge in [0.25, 0.3) is 5.56 Å². The van der Waals surface area contributed by atoms with Crippen LogP contribution in [0.4, 0.5) is 0 Å². The highest BCUT2D eigenvalue weighted by molar-refractivity contribution is 9.10. The van der Waals surface area contributed by atoms with Crippen molar-refractivity contribution in [3.8, 4) is 17.0 Å². The van der Waals surface area contributed by atoms with Gasteiger partial charge in [-0.25, -0.2) is 0 Å².